The van der Waals surface area contributed by atoms with Gasteiger partial charge in [0.25, 0.3) is 0 Å². The summed E-state index contributed by atoms with van der Waals surface area (Å²) in [6, 6.07) is 3.61. The fraction of sp³-hybridized carbons (Fsp3) is 0.182. The van der Waals surface area contributed by atoms with Gasteiger partial charge in [0.15, 0.2) is 5.82 Å². The van der Waals surface area contributed by atoms with E-state index < -0.39 is 6.09 Å². The van der Waals surface area contributed by atoms with Crippen molar-refractivity contribution in [2.24, 2.45) is 10.7 Å². The average Bonchev–Trinajstić information content (AvgIpc) is 2.72. The molecular formula is C11H12N4O2. The van der Waals surface area contributed by atoms with E-state index in [0.29, 0.717) is 18.9 Å². The Labute approximate surface area is 98.1 Å². The number of nitrogens with two attached hydrogens (primary N) is 1. The van der Waals surface area contributed by atoms with Crippen LogP contribution in [-0.2, 0) is 13.1 Å². The standard InChI is InChI=1S/C11H12N4O2/c12-4-1-5-13-10-3-2-8-6-15(11(16)17)7-9(8)14-10/h1-5H,6-7,12H2,(H,16,17). The number of fused-ring (bicyclic) bond motifs is 1. The van der Waals surface area contributed by atoms with Gasteiger partial charge in [-0.2, -0.15) is 0 Å². The summed E-state index contributed by atoms with van der Waals surface area (Å²) < 4.78 is 0. The van der Waals surface area contributed by atoms with E-state index in [1.165, 1.54) is 11.1 Å². The summed E-state index contributed by atoms with van der Waals surface area (Å²) in [6.45, 7) is 0.713. The minimum absolute atomic E-state index is 0.320. The molecule has 17 heavy (non-hydrogen) atoms. The molecular weight excluding hydrogens is 220 g/mol. The first-order chi connectivity index (χ1) is 8.20. The number of aliphatic imine (C=N–C) groups is 1. The summed E-state index contributed by atoms with van der Waals surface area (Å²) in [6.07, 6.45) is 3.58. The van der Waals surface area contributed by atoms with Gasteiger partial charge < -0.3 is 10.8 Å². The molecule has 1 aromatic rings. The van der Waals surface area contributed by atoms with Crippen molar-refractivity contribution >= 4 is 18.1 Å². The molecule has 6 heteroatoms. The Morgan fingerprint density at radius 2 is 2.35 bits per heavy atom. The minimum atomic E-state index is -0.931. The molecule has 2 rings (SSSR count). The van der Waals surface area contributed by atoms with E-state index >= 15 is 0 Å². The Kier molecular flexibility index (Phi) is 3.04. The highest BCUT2D eigenvalue weighted by atomic mass is 16.4. The van der Waals surface area contributed by atoms with Crippen LogP contribution in [0.1, 0.15) is 11.3 Å². The lowest BCUT2D eigenvalue weighted by Crippen LogP contribution is -2.22. The second kappa shape index (κ2) is 4.65. The second-order valence-electron chi connectivity index (χ2n) is 3.58. The number of aromatic nitrogens is 1. The first-order valence-corrected chi connectivity index (χ1v) is 5.08. The number of hydrogen-bond donors (Lipinski definition) is 2. The molecule has 1 aromatic heterocycles. The van der Waals surface area contributed by atoms with Crippen molar-refractivity contribution in [3.8, 4) is 0 Å². The van der Waals surface area contributed by atoms with Gasteiger partial charge >= 0.3 is 6.09 Å². The van der Waals surface area contributed by atoms with Crippen LogP contribution in [0.25, 0.3) is 0 Å². The molecule has 0 unspecified atom stereocenters. The lowest BCUT2D eigenvalue weighted by Gasteiger charge is -2.08. The normalized spacial score (nSPS) is 14.7. The van der Waals surface area contributed by atoms with Crippen molar-refractivity contribution in [3.63, 3.8) is 0 Å². The summed E-state index contributed by atoms with van der Waals surface area (Å²) in [7, 11) is 0. The van der Waals surface area contributed by atoms with Crippen LogP contribution in [0, 0.1) is 0 Å². The van der Waals surface area contributed by atoms with E-state index in [1.54, 1.807) is 18.4 Å². The van der Waals surface area contributed by atoms with Gasteiger partial charge in [-0.05, 0) is 23.9 Å². The molecule has 6 nitrogen and oxygen atoms in total. The van der Waals surface area contributed by atoms with E-state index in [-0.39, 0.29) is 0 Å². The number of pyridine rings is 1. The van der Waals surface area contributed by atoms with Crippen molar-refractivity contribution < 1.29 is 9.90 Å². The summed E-state index contributed by atoms with van der Waals surface area (Å²) >= 11 is 0. The highest BCUT2D eigenvalue weighted by Gasteiger charge is 2.23. The zero-order chi connectivity index (χ0) is 12.3. The average molecular weight is 232 g/mol. The summed E-state index contributed by atoms with van der Waals surface area (Å²) in [5, 5.41) is 8.87. The van der Waals surface area contributed by atoms with Gasteiger partial charge in [-0.3, -0.25) is 4.90 Å². The monoisotopic (exact) mass is 232 g/mol. The van der Waals surface area contributed by atoms with E-state index in [1.807, 2.05) is 6.07 Å². The Bertz CT molecular complexity index is 496. The van der Waals surface area contributed by atoms with Crippen molar-refractivity contribution in [2.45, 2.75) is 13.1 Å². The molecule has 0 aromatic carbocycles. The molecule has 0 bridgehead atoms. The Hall–Kier alpha value is -2.37. The maximum atomic E-state index is 10.8. The molecule has 0 fully saturated rings. The smallest absolute Gasteiger partial charge is 0.407 e. The van der Waals surface area contributed by atoms with Gasteiger partial charge in [-0.15, -0.1) is 0 Å². The number of nitrogens with zero attached hydrogens (tertiary/aromatic N) is 3. The molecule has 0 atom stereocenters. The van der Waals surface area contributed by atoms with Crippen LogP contribution in [0.2, 0.25) is 0 Å². The quantitative estimate of drug-likeness (QED) is 0.750. The number of allylic oxidation sites excluding steroid dienone is 1. The van der Waals surface area contributed by atoms with Gasteiger partial charge in [-0.1, -0.05) is 6.07 Å². The number of carbonyl (C=O) groups is 1. The molecule has 1 aliphatic rings. The van der Waals surface area contributed by atoms with Gasteiger partial charge in [0.05, 0.1) is 18.8 Å². The topological polar surface area (TPSA) is 91.8 Å². The predicted molar refractivity (Wildman–Crippen MR) is 63.0 cm³/mol. The number of carboxylic acid groups (broad SMARTS) is 1. The Morgan fingerprint density at radius 3 is 3.06 bits per heavy atom. The van der Waals surface area contributed by atoms with E-state index in [2.05, 4.69) is 9.98 Å². The zero-order valence-electron chi connectivity index (χ0n) is 9.08. The highest BCUT2D eigenvalue weighted by Crippen LogP contribution is 2.23. The lowest BCUT2D eigenvalue weighted by atomic mass is 10.2. The highest BCUT2D eigenvalue weighted by molar-refractivity contribution is 5.73. The summed E-state index contributed by atoms with van der Waals surface area (Å²) in [4.78, 5) is 20.5. The Balaban J connectivity index is 2.18. The number of hydrogen-bond acceptors (Lipinski definition) is 4. The van der Waals surface area contributed by atoms with Crippen LogP contribution in [-0.4, -0.2) is 27.3 Å². The van der Waals surface area contributed by atoms with Gasteiger partial charge in [0.1, 0.15) is 0 Å². The lowest BCUT2D eigenvalue weighted by molar-refractivity contribution is 0.145. The Morgan fingerprint density at radius 1 is 1.53 bits per heavy atom. The summed E-state index contributed by atoms with van der Waals surface area (Å²) in [5.41, 5.74) is 6.86. The van der Waals surface area contributed by atoms with Crippen LogP contribution in [0.5, 0.6) is 0 Å². The third kappa shape index (κ3) is 2.41. The molecule has 1 aliphatic heterocycles. The molecule has 0 aliphatic carbocycles. The van der Waals surface area contributed by atoms with Crippen LogP contribution < -0.4 is 5.73 Å². The van der Waals surface area contributed by atoms with E-state index in [9.17, 15) is 4.79 Å². The fourth-order valence-corrected chi connectivity index (χ4v) is 1.62. The molecule has 88 valence electrons. The maximum absolute atomic E-state index is 10.8. The maximum Gasteiger partial charge on any atom is 0.407 e. The van der Waals surface area contributed by atoms with Crippen LogP contribution in [0.4, 0.5) is 10.6 Å². The molecule has 1 amide bonds. The second-order valence-corrected chi connectivity index (χ2v) is 3.58. The molecule has 0 spiro atoms. The number of amides is 1. The van der Waals surface area contributed by atoms with Crippen molar-refractivity contribution in [2.75, 3.05) is 0 Å². The SMILES string of the molecule is NC=CC=Nc1ccc2c(n1)CN(C(=O)O)C2. The third-order valence-corrected chi connectivity index (χ3v) is 2.43. The van der Waals surface area contributed by atoms with Gasteiger partial charge in [-0.25, -0.2) is 14.8 Å². The van der Waals surface area contributed by atoms with Crippen LogP contribution in [0.15, 0.2) is 29.4 Å². The van der Waals surface area contributed by atoms with Crippen molar-refractivity contribution in [1.82, 2.24) is 9.88 Å². The minimum Gasteiger partial charge on any atom is -0.465 e. The van der Waals surface area contributed by atoms with Crippen molar-refractivity contribution in [1.29, 1.82) is 0 Å². The molecule has 0 saturated carbocycles. The first kappa shape index (κ1) is 11.1. The largest absolute Gasteiger partial charge is 0.465 e. The first-order valence-electron chi connectivity index (χ1n) is 5.08. The van der Waals surface area contributed by atoms with Crippen molar-refractivity contribution in [3.05, 3.63) is 35.7 Å². The van der Waals surface area contributed by atoms with Crippen LogP contribution in [0.3, 0.4) is 0 Å². The van der Waals surface area contributed by atoms with Gasteiger partial charge in [0.2, 0.25) is 0 Å². The molecule has 3 N–H and O–H groups in total. The molecule has 0 saturated heterocycles. The predicted octanol–water partition coefficient (Wildman–Crippen LogP) is 1.25. The third-order valence-electron chi connectivity index (χ3n) is 2.43. The van der Waals surface area contributed by atoms with Gasteiger partial charge in [0, 0.05) is 6.21 Å². The number of rotatable bonds is 2. The fourth-order valence-electron chi connectivity index (χ4n) is 1.62. The molecule has 2 heterocycles. The zero-order valence-corrected chi connectivity index (χ0v) is 9.08. The van der Waals surface area contributed by atoms with Crippen LogP contribution >= 0.6 is 0 Å². The van der Waals surface area contributed by atoms with E-state index in [0.717, 1.165) is 11.3 Å². The van der Waals surface area contributed by atoms with E-state index in [4.69, 9.17) is 10.8 Å². The summed E-state index contributed by atoms with van der Waals surface area (Å²) in [5.74, 6) is 0.550. The molecule has 0 radical (unpaired) electrons.